The molecule has 7 heteroatoms. The van der Waals surface area contributed by atoms with Gasteiger partial charge in [0.1, 0.15) is 0 Å². The molecule has 0 rings (SSSR count). The van der Waals surface area contributed by atoms with Gasteiger partial charge in [0, 0.05) is 0 Å². The molecule has 0 saturated carbocycles. The average Bonchev–Trinajstić information content (AvgIpc) is 1.95. The molecule has 13 heavy (non-hydrogen) atoms. The van der Waals surface area contributed by atoms with E-state index in [1.165, 1.54) is 0 Å². The third-order valence-corrected chi connectivity index (χ3v) is 2.92. The van der Waals surface area contributed by atoms with Crippen molar-refractivity contribution in [2.24, 2.45) is 11.5 Å². The Morgan fingerprint density at radius 3 is 2.00 bits per heavy atom. The Hall–Kier alpha value is 0.830. The van der Waals surface area contributed by atoms with E-state index >= 15 is 0 Å². The Balaban J connectivity index is 0. The molecule has 0 aromatic carbocycles. The zero-order valence-corrected chi connectivity index (χ0v) is 10.7. The van der Waals surface area contributed by atoms with E-state index in [0.29, 0.717) is 19.4 Å². The van der Waals surface area contributed by atoms with E-state index < -0.39 is 15.4 Å². The van der Waals surface area contributed by atoms with Gasteiger partial charge in [-0.2, -0.15) is 0 Å². The zero-order valence-electron chi connectivity index (χ0n) is 7.90. The Labute approximate surface area is 101 Å². The van der Waals surface area contributed by atoms with Crippen molar-refractivity contribution in [2.75, 3.05) is 13.1 Å². The van der Waals surface area contributed by atoms with Gasteiger partial charge in [0.25, 0.3) is 0 Å². The topological polar surface area (TPSA) is 109 Å². The molecular formula is C6H15N2NaO3S. The summed E-state index contributed by atoms with van der Waals surface area (Å²) in [5.74, 6) is 0. The van der Waals surface area contributed by atoms with Gasteiger partial charge in [-0.25, -0.2) is 8.42 Å². The Kier molecular flexibility index (Phi) is 10.2. The van der Waals surface area contributed by atoms with E-state index in [2.05, 4.69) is 0 Å². The quantitative estimate of drug-likeness (QED) is 0.349. The van der Waals surface area contributed by atoms with Crippen molar-refractivity contribution in [1.29, 1.82) is 0 Å². The van der Waals surface area contributed by atoms with Crippen LogP contribution in [0.25, 0.3) is 0 Å². The summed E-state index contributed by atoms with van der Waals surface area (Å²) in [6.07, 6.45) is 1.09. The first kappa shape index (κ1) is 16.3. The summed E-state index contributed by atoms with van der Waals surface area (Å²) in [6.45, 7) is 0.618. The number of hydrogen-bond acceptors (Lipinski definition) is 5. The molecule has 0 saturated heterocycles. The third kappa shape index (κ3) is 7.87. The van der Waals surface area contributed by atoms with Gasteiger partial charge in [-0.1, -0.05) is 0 Å². The minimum atomic E-state index is -4.18. The van der Waals surface area contributed by atoms with Crippen molar-refractivity contribution in [3.05, 3.63) is 0 Å². The van der Waals surface area contributed by atoms with Crippen molar-refractivity contribution < 1.29 is 42.5 Å². The van der Waals surface area contributed by atoms with E-state index in [9.17, 15) is 13.0 Å². The van der Waals surface area contributed by atoms with Crippen LogP contribution in [-0.2, 0) is 10.1 Å². The maximum Gasteiger partial charge on any atom is 1.00 e. The first-order valence-electron chi connectivity index (χ1n) is 3.87. The van der Waals surface area contributed by atoms with Crippen molar-refractivity contribution in [2.45, 2.75) is 24.5 Å². The molecule has 0 aliphatic carbocycles. The summed E-state index contributed by atoms with van der Waals surface area (Å²) in [5, 5.41) is -0.856. The molecule has 0 spiro atoms. The van der Waals surface area contributed by atoms with Crippen molar-refractivity contribution >= 4 is 10.1 Å². The fourth-order valence-electron chi connectivity index (χ4n) is 0.964. The van der Waals surface area contributed by atoms with Crippen LogP contribution in [0.15, 0.2) is 0 Å². The molecule has 1 atom stereocenters. The largest absolute Gasteiger partial charge is 1.00 e. The second-order valence-corrected chi connectivity index (χ2v) is 4.28. The molecule has 0 heterocycles. The third-order valence-electron chi connectivity index (χ3n) is 1.63. The summed E-state index contributed by atoms with van der Waals surface area (Å²) in [5.41, 5.74) is 10.4. The van der Waals surface area contributed by atoms with Gasteiger partial charge < -0.3 is 16.0 Å². The van der Waals surface area contributed by atoms with Crippen LogP contribution in [0.1, 0.15) is 19.3 Å². The molecule has 4 N–H and O–H groups in total. The van der Waals surface area contributed by atoms with Gasteiger partial charge in [-0.15, -0.1) is 0 Å². The van der Waals surface area contributed by atoms with Crippen molar-refractivity contribution in [3.63, 3.8) is 0 Å². The Morgan fingerprint density at radius 1 is 1.15 bits per heavy atom. The van der Waals surface area contributed by atoms with Gasteiger partial charge in [0.15, 0.2) is 0 Å². The Morgan fingerprint density at radius 2 is 1.69 bits per heavy atom. The van der Waals surface area contributed by atoms with Crippen LogP contribution >= 0.6 is 0 Å². The van der Waals surface area contributed by atoms with Gasteiger partial charge in [-0.3, -0.25) is 0 Å². The second-order valence-electron chi connectivity index (χ2n) is 2.62. The predicted octanol–water partition coefficient (Wildman–Crippen LogP) is -4.01. The minimum Gasteiger partial charge on any atom is -0.748 e. The number of hydrogen-bond donors (Lipinski definition) is 2. The van der Waals surface area contributed by atoms with Gasteiger partial charge in [0.05, 0.1) is 15.4 Å². The summed E-state index contributed by atoms with van der Waals surface area (Å²) < 4.78 is 31.7. The molecule has 0 amide bonds. The first-order chi connectivity index (χ1) is 5.52. The van der Waals surface area contributed by atoms with E-state index in [1.54, 1.807) is 0 Å². The maximum absolute atomic E-state index is 10.6. The predicted molar refractivity (Wildman–Crippen MR) is 45.4 cm³/mol. The molecule has 0 aliphatic rings. The van der Waals surface area contributed by atoms with Crippen LogP contribution in [0.2, 0.25) is 0 Å². The SMILES string of the molecule is NCCCC(CCN)S(=O)(=O)[O-].[Na+]. The van der Waals surface area contributed by atoms with E-state index in [-0.39, 0.29) is 42.5 Å². The molecule has 0 aliphatic heterocycles. The molecule has 1 unspecified atom stereocenters. The van der Waals surface area contributed by atoms with Crippen LogP contribution in [-0.4, -0.2) is 31.3 Å². The van der Waals surface area contributed by atoms with Crippen LogP contribution in [0.3, 0.4) is 0 Å². The monoisotopic (exact) mass is 218 g/mol. The smallest absolute Gasteiger partial charge is 0.748 e. The molecule has 74 valence electrons. The normalized spacial score (nSPS) is 13.5. The van der Waals surface area contributed by atoms with Crippen molar-refractivity contribution in [1.82, 2.24) is 0 Å². The van der Waals surface area contributed by atoms with Gasteiger partial charge in [0.2, 0.25) is 0 Å². The molecule has 0 aromatic rings. The molecule has 0 bridgehead atoms. The van der Waals surface area contributed by atoms with E-state index in [0.717, 1.165) is 0 Å². The van der Waals surface area contributed by atoms with Crippen LogP contribution in [0, 0.1) is 0 Å². The maximum atomic E-state index is 10.6. The fraction of sp³-hybridized carbons (Fsp3) is 1.00. The molecule has 0 fully saturated rings. The van der Waals surface area contributed by atoms with Crippen molar-refractivity contribution in [3.8, 4) is 0 Å². The minimum absolute atomic E-state index is 0. The van der Waals surface area contributed by atoms with Gasteiger partial charge in [-0.05, 0) is 32.4 Å². The first-order valence-corrected chi connectivity index (χ1v) is 5.34. The summed E-state index contributed by atoms with van der Waals surface area (Å²) in [7, 11) is -4.18. The van der Waals surface area contributed by atoms with E-state index in [4.69, 9.17) is 11.5 Å². The summed E-state index contributed by atoms with van der Waals surface area (Å²) >= 11 is 0. The Bertz CT molecular complexity index is 208. The molecule has 0 radical (unpaired) electrons. The van der Waals surface area contributed by atoms with Crippen LogP contribution in [0.5, 0.6) is 0 Å². The molecule has 0 aromatic heterocycles. The van der Waals surface area contributed by atoms with E-state index in [1.807, 2.05) is 0 Å². The number of rotatable bonds is 6. The molecular weight excluding hydrogens is 203 g/mol. The van der Waals surface area contributed by atoms with Crippen LogP contribution in [0.4, 0.5) is 0 Å². The number of nitrogens with two attached hydrogens (primary N) is 2. The van der Waals surface area contributed by atoms with Gasteiger partial charge >= 0.3 is 29.6 Å². The molecule has 5 nitrogen and oxygen atoms in total. The summed E-state index contributed by atoms with van der Waals surface area (Å²) in [6, 6.07) is 0. The van der Waals surface area contributed by atoms with Crippen LogP contribution < -0.4 is 41.0 Å². The summed E-state index contributed by atoms with van der Waals surface area (Å²) in [4.78, 5) is 0. The fourth-order valence-corrected chi connectivity index (χ4v) is 1.84. The second kappa shape index (κ2) is 8.16. The standard InChI is InChI=1S/C6H16N2O3S.Na/c7-4-1-2-6(3-5-8)12(9,10)11;/h6H,1-5,7-8H2,(H,9,10,11);/q;+1/p-1. The average molecular weight is 218 g/mol. The zero-order chi connectivity index (χ0) is 9.61.